The number of rotatable bonds is 1. The summed E-state index contributed by atoms with van der Waals surface area (Å²) in [5, 5.41) is 11.1. The Morgan fingerprint density at radius 2 is 2.06 bits per heavy atom. The summed E-state index contributed by atoms with van der Waals surface area (Å²) in [6.07, 6.45) is -3.95. The van der Waals surface area contributed by atoms with Gasteiger partial charge in [0.2, 0.25) is 0 Å². The SMILES string of the molecule is O=C(c1c([O-])oc2cccc[n+]12)C(F)(F)F. The molecule has 2 rings (SSSR count). The van der Waals surface area contributed by atoms with Gasteiger partial charge in [-0.25, -0.2) is 0 Å². The maximum atomic E-state index is 12.2. The molecule has 0 N–H and O–H groups in total. The molecule has 0 unspecified atom stereocenters. The van der Waals surface area contributed by atoms with Crippen LogP contribution in [0.2, 0.25) is 0 Å². The van der Waals surface area contributed by atoms with Gasteiger partial charge >= 0.3 is 12.0 Å². The molecule has 0 aliphatic carbocycles. The molecule has 2 aromatic heterocycles. The summed E-state index contributed by atoms with van der Waals surface area (Å²) in [6, 6.07) is 4.14. The molecular formula is C9H4F3NO3. The quantitative estimate of drug-likeness (QED) is 0.539. The first-order chi connectivity index (χ1) is 7.41. The number of alkyl halides is 3. The number of carbonyl (C=O) groups excluding carboxylic acids is 1. The standard InChI is InChI=1S/C9H4F3NO3/c10-9(11,12)7(14)6-8(15)16-5-3-1-2-4-13(5)6/h1-4H. The van der Waals surface area contributed by atoms with Crippen LogP contribution in [0.15, 0.2) is 28.8 Å². The zero-order valence-electron chi connectivity index (χ0n) is 7.62. The number of nitrogens with zero attached hydrogens (tertiary/aromatic N) is 1. The van der Waals surface area contributed by atoms with Gasteiger partial charge < -0.3 is 9.52 Å². The van der Waals surface area contributed by atoms with Crippen LogP contribution >= 0.6 is 0 Å². The van der Waals surface area contributed by atoms with E-state index < -0.39 is 23.6 Å². The van der Waals surface area contributed by atoms with Crippen molar-refractivity contribution in [1.82, 2.24) is 0 Å². The molecule has 0 aliphatic rings. The zero-order chi connectivity index (χ0) is 11.9. The Labute approximate surface area is 86.5 Å². The second kappa shape index (κ2) is 3.22. The second-order valence-electron chi connectivity index (χ2n) is 2.97. The molecule has 0 radical (unpaired) electrons. The van der Waals surface area contributed by atoms with Gasteiger partial charge in [-0.1, -0.05) is 0 Å². The number of hydrogen-bond donors (Lipinski definition) is 0. The summed E-state index contributed by atoms with van der Waals surface area (Å²) >= 11 is 0. The van der Waals surface area contributed by atoms with Crippen LogP contribution in [0.3, 0.4) is 0 Å². The van der Waals surface area contributed by atoms with Crippen molar-refractivity contribution in [3.8, 4) is 5.95 Å². The average Bonchev–Trinajstić information content (AvgIpc) is 2.51. The lowest BCUT2D eigenvalue weighted by Crippen LogP contribution is -2.34. The van der Waals surface area contributed by atoms with Gasteiger partial charge in [-0.2, -0.15) is 13.2 Å². The van der Waals surface area contributed by atoms with Crippen molar-refractivity contribution in [2.45, 2.75) is 6.18 Å². The molecule has 0 aliphatic heterocycles. The number of fused-ring (bicyclic) bond motifs is 1. The van der Waals surface area contributed by atoms with E-state index >= 15 is 0 Å². The summed E-state index contributed by atoms with van der Waals surface area (Å²) in [6.45, 7) is 0. The molecule has 0 spiro atoms. The molecule has 0 aromatic carbocycles. The molecule has 2 heterocycles. The highest BCUT2D eigenvalue weighted by Crippen LogP contribution is 2.24. The predicted molar refractivity (Wildman–Crippen MR) is 41.7 cm³/mol. The van der Waals surface area contributed by atoms with Crippen LogP contribution in [0.4, 0.5) is 13.2 Å². The maximum absolute atomic E-state index is 12.2. The smallest absolute Gasteiger partial charge is 0.461 e. The van der Waals surface area contributed by atoms with E-state index in [1.807, 2.05) is 0 Å². The first kappa shape index (κ1) is 10.5. The fraction of sp³-hybridized carbons (Fsp3) is 0.111. The Morgan fingerprint density at radius 1 is 1.38 bits per heavy atom. The summed E-state index contributed by atoms with van der Waals surface area (Å²) in [4.78, 5) is 11.0. The summed E-state index contributed by atoms with van der Waals surface area (Å²) in [5.74, 6) is -3.51. The first-order valence-corrected chi connectivity index (χ1v) is 4.13. The van der Waals surface area contributed by atoms with Gasteiger partial charge in [0, 0.05) is 12.1 Å². The number of hydrogen-bond acceptors (Lipinski definition) is 3. The third kappa shape index (κ3) is 1.50. The van der Waals surface area contributed by atoms with Gasteiger partial charge in [0.1, 0.15) is 5.95 Å². The van der Waals surface area contributed by atoms with Crippen molar-refractivity contribution in [3.63, 3.8) is 0 Å². The van der Waals surface area contributed by atoms with Crippen molar-refractivity contribution in [2.24, 2.45) is 0 Å². The van der Waals surface area contributed by atoms with Crippen LogP contribution in [0, 0.1) is 0 Å². The average molecular weight is 231 g/mol. The van der Waals surface area contributed by atoms with Gasteiger partial charge in [-0.05, 0) is 6.07 Å². The number of ketones is 1. The maximum Gasteiger partial charge on any atom is 0.461 e. The highest BCUT2D eigenvalue weighted by Gasteiger charge is 2.45. The van der Waals surface area contributed by atoms with Crippen LogP contribution in [-0.2, 0) is 0 Å². The molecule has 84 valence electrons. The molecule has 7 heteroatoms. The summed E-state index contributed by atoms with van der Waals surface area (Å²) < 4.78 is 41.8. The third-order valence-corrected chi connectivity index (χ3v) is 1.93. The van der Waals surface area contributed by atoms with Crippen LogP contribution in [0.1, 0.15) is 10.5 Å². The van der Waals surface area contributed by atoms with E-state index in [1.165, 1.54) is 18.2 Å². The molecule has 4 nitrogen and oxygen atoms in total. The largest absolute Gasteiger partial charge is 0.540 e. The molecule has 0 amide bonds. The van der Waals surface area contributed by atoms with Crippen LogP contribution < -0.4 is 9.51 Å². The number of aromatic nitrogens is 1. The fourth-order valence-electron chi connectivity index (χ4n) is 1.27. The van der Waals surface area contributed by atoms with Gasteiger partial charge in [0.25, 0.3) is 11.4 Å². The van der Waals surface area contributed by atoms with E-state index in [0.717, 1.165) is 10.6 Å². The first-order valence-electron chi connectivity index (χ1n) is 4.13. The van der Waals surface area contributed by atoms with Crippen LogP contribution in [-0.4, -0.2) is 12.0 Å². The lowest BCUT2D eigenvalue weighted by Gasteiger charge is -2.00. The van der Waals surface area contributed by atoms with Crippen molar-refractivity contribution in [3.05, 3.63) is 30.1 Å². The molecule has 0 saturated carbocycles. The van der Waals surface area contributed by atoms with Crippen molar-refractivity contribution < 1.29 is 31.9 Å². The number of oxazole rings is 1. The minimum Gasteiger partial charge on any atom is -0.540 e. The minimum atomic E-state index is -5.10. The fourth-order valence-corrected chi connectivity index (χ4v) is 1.27. The van der Waals surface area contributed by atoms with Crippen molar-refractivity contribution in [1.29, 1.82) is 0 Å². The van der Waals surface area contributed by atoms with E-state index in [1.54, 1.807) is 0 Å². The Balaban J connectivity index is 2.69. The molecule has 0 bridgehead atoms. The number of halogens is 3. The predicted octanol–water partition coefficient (Wildman–Crippen LogP) is 0.837. The Bertz CT molecular complexity index is 559. The van der Waals surface area contributed by atoms with E-state index in [9.17, 15) is 23.1 Å². The monoisotopic (exact) mass is 231 g/mol. The molecule has 2 aromatic rings. The normalized spacial score (nSPS) is 11.9. The van der Waals surface area contributed by atoms with Crippen molar-refractivity contribution >= 4 is 11.5 Å². The molecule has 16 heavy (non-hydrogen) atoms. The van der Waals surface area contributed by atoms with E-state index in [4.69, 9.17) is 0 Å². The van der Waals surface area contributed by atoms with E-state index in [-0.39, 0.29) is 5.71 Å². The highest BCUT2D eigenvalue weighted by atomic mass is 19.4. The zero-order valence-corrected chi connectivity index (χ0v) is 7.62. The molecular weight excluding hydrogens is 227 g/mol. The van der Waals surface area contributed by atoms with E-state index in [0.29, 0.717) is 0 Å². The Morgan fingerprint density at radius 3 is 2.69 bits per heavy atom. The second-order valence-corrected chi connectivity index (χ2v) is 2.97. The lowest BCUT2D eigenvalue weighted by atomic mass is 10.3. The van der Waals surface area contributed by atoms with Gasteiger partial charge in [-0.3, -0.25) is 4.79 Å². The molecule has 0 atom stereocenters. The number of Topliss-reactive ketones (excluding diaryl/α,β-unsaturated/α-hetero) is 1. The third-order valence-electron chi connectivity index (χ3n) is 1.93. The van der Waals surface area contributed by atoms with Gasteiger partial charge in [-0.15, -0.1) is 4.40 Å². The highest BCUT2D eigenvalue weighted by molar-refractivity contribution is 5.99. The van der Waals surface area contributed by atoms with Crippen molar-refractivity contribution in [2.75, 3.05) is 0 Å². The summed E-state index contributed by atoms with van der Waals surface area (Å²) in [7, 11) is 0. The minimum absolute atomic E-state index is 0.111. The van der Waals surface area contributed by atoms with Crippen LogP contribution in [0.25, 0.3) is 5.71 Å². The lowest BCUT2D eigenvalue weighted by molar-refractivity contribution is -0.518. The molecule has 0 fully saturated rings. The van der Waals surface area contributed by atoms with Gasteiger partial charge in [0.15, 0.2) is 6.20 Å². The number of carbonyl (C=O) groups is 1. The Kier molecular flexibility index (Phi) is 2.11. The Hall–Kier alpha value is -2.05. The van der Waals surface area contributed by atoms with Crippen LogP contribution in [0.5, 0.6) is 5.95 Å². The number of pyridine rings is 1. The summed E-state index contributed by atoms with van der Waals surface area (Å²) in [5.41, 5.74) is -1.15. The van der Waals surface area contributed by atoms with E-state index in [2.05, 4.69) is 4.42 Å². The molecule has 0 saturated heterocycles. The van der Waals surface area contributed by atoms with Gasteiger partial charge in [0.05, 0.1) is 0 Å². The topological polar surface area (TPSA) is 57.4 Å².